The molecule has 1 aromatic rings. The van der Waals surface area contributed by atoms with Gasteiger partial charge in [-0.2, -0.15) is 0 Å². The Hall–Kier alpha value is -1.77. The highest BCUT2D eigenvalue weighted by atomic mass is 35.5. The van der Waals surface area contributed by atoms with Crippen LogP contribution in [-0.4, -0.2) is 36.8 Å². The van der Waals surface area contributed by atoms with Crippen LogP contribution in [0.5, 0.6) is 5.88 Å². The van der Waals surface area contributed by atoms with Gasteiger partial charge in [0.05, 0.1) is 25.3 Å². The first-order valence-electron chi connectivity index (χ1n) is 5.82. The van der Waals surface area contributed by atoms with E-state index in [1.54, 1.807) is 0 Å². The standard InChI is InChI=1S/C13H13ClN2O3/c1-2-4-15-12(17)9-6-11(14)13(16-7-9)19-10-3-5-18-8-10/h1,6-7,10H,3-5,8H2,(H,15,17). The van der Waals surface area contributed by atoms with Crippen LogP contribution in [0.25, 0.3) is 0 Å². The predicted octanol–water partition coefficient (Wildman–Crippen LogP) is 1.27. The van der Waals surface area contributed by atoms with Crippen molar-refractivity contribution in [3.8, 4) is 18.2 Å². The number of hydrogen-bond donors (Lipinski definition) is 1. The Morgan fingerprint density at radius 1 is 1.74 bits per heavy atom. The van der Waals surface area contributed by atoms with Crippen molar-refractivity contribution < 1.29 is 14.3 Å². The maximum absolute atomic E-state index is 11.6. The molecule has 1 aromatic heterocycles. The molecule has 0 radical (unpaired) electrons. The van der Waals surface area contributed by atoms with Gasteiger partial charge in [0, 0.05) is 12.6 Å². The molecule has 2 heterocycles. The summed E-state index contributed by atoms with van der Waals surface area (Å²) in [7, 11) is 0. The predicted molar refractivity (Wildman–Crippen MR) is 70.3 cm³/mol. The molecule has 1 unspecified atom stereocenters. The molecule has 100 valence electrons. The minimum absolute atomic E-state index is 0.0360. The molecule has 1 amide bonds. The Bertz CT molecular complexity index is 507. The summed E-state index contributed by atoms with van der Waals surface area (Å²) in [5, 5.41) is 2.83. The van der Waals surface area contributed by atoms with Crippen LogP contribution in [0.1, 0.15) is 16.8 Å². The quantitative estimate of drug-likeness (QED) is 0.844. The fourth-order valence-corrected chi connectivity index (χ4v) is 1.84. The Morgan fingerprint density at radius 3 is 3.21 bits per heavy atom. The molecule has 0 bridgehead atoms. The second-order valence-electron chi connectivity index (χ2n) is 4.00. The highest BCUT2D eigenvalue weighted by Gasteiger charge is 2.19. The highest BCUT2D eigenvalue weighted by molar-refractivity contribution is 6.32. The highest BCUT2D eigenvalue weighted by Crippen LogP contribution is 2.25. The zero-order valence-corrected chi connectivity index (χ0v) is 10.9. The molecule has 0 aliphatic carbocycles. The average Bonchev–Trinajstić information content (AvgIpc) is 2.91. The lowest BCUT2D eigenvalue weighted by Crippen LogP contribution is -2.24. The van der Waals surface area contributed by atoms with Gasteiger partial charge in [-0.05, 0) is 6.07 Å². The van der Waals surface area contributed by atoms with Crippen molar-refractivity contribution in [1.29, 1.82) is 0 Å². The van der Waals surface area contributed by atoms with E-state index in [1.807, 2.05) is 0 Å². The third-order valence-corrected chi connectivity index (χ3v) is 2.86. The molecule has 1 atom stereocenters. The number of aromatic nitrogens is 1. The van der Waals surface area contributed by atoms with E-state index in [1.165, 1.54) is 12.3 Å². The summed E-state index contributed by atoms with van der Waals surface area (Å²) in [6.07, 6.45) is 7.24. The third kappa shape index (κ3) is 3.60. The van der Waals surface area contributed by atoms with E-state index in [2.05, 4.69) is 16.2 Å². The normalized spacial score (nSPS) is 17.8. The molecule has 6 heteroatoms. The number of nitrogens with one attached hydrogen (secondary N) is 1. The van der Waals surface area contributed by atoms with E-state index in [0.29, 0.717) is 29.7 Å². The number of terminal acetylenes is 1. The fraction of sp³-hybridized carbons (Fsp3) is 0.385. The minimum Gasteiger partial charge on any atom is -0.471 e. The van der Waals surface area contributed by atoms with E-state index in [9.17, 15) is 4.79 Å². The Labute approximate surface area is 116 Å². The Balaban J connectivity index is 2.04. The summed E-state index contributed by atoms with van der Waals surface area (Å²) in [5.74, 6) is 2.31. The van der Waals surface area contributed by atoms with Gasteiger partial charge in [-0.25, -0.2) is 4.98 Å². The van der Waals surface area contributed by atoms with Gasteiger partial charge in [0.1, 0.15) is 11.1 Å². The number of halogens is 1. The van der Waals surface area contributed by atoms with Crippen LogP contribution in [0.2, 0.25) is 5.02 Å². The lowest BCUT2D eigenvalue weighted by atomic mass is 10.2. The lowest BCUT2D eigenvalue weighted by molar-refractivity contribution is 0.0958. The number of ether oxygens (including phenoxy) is 2. The molecule has 1 N–H and O–H groups in total. The van der Waals surface area contributed by atoms with Crippen LogP contribution < -0.4 is 10.1 Å². The molecule has 1 saturated heterocycles. The van der Waals surface area contributed by atoms with Gasteiger partial charge < -0.3 is 14.8 Å². The van der Waals surface area contributed by atoms with E-state index in [-0.39, 0.29) is 18.6 Å². The van der Waals surface area contributed by atoms with Crippen LogP contribution in [0, 0.1) is 12.3 Å². The maximum Gasteiger partial charge on any atom is 0.253 e. The number of carbonyl (C=O) groups excluding carboxylic acids is 1. The summed E-state index contributed by atoms with van der Waals surface area (Å²) in [6, 6.07) is 1.51. The van der Waals surface area contributed by atoms with Gasteiger partial charge in [0.25, 0.3) is 5.91 Å². The van der Waals surface area contributed by atoms with Crippen molar-refractivity contribution in [1.82, 2.24) is 10.3 Å². The SMILES string of the molecule is C#CCNC(=O)c1cnc(OC2CCOC2)c(Cl)c1. The Morgan fingerprint density at radius 2 is 2.58 bits per heavy atom. The number of carbonyl (C=O) groups is 1. The van der Waals surface area contributed by atoms with Crippen molar-refractivity contribution in [2.45, 2.75) is 12.5 Å². The van der Waals surface area contributed by atoms with Gasteiger partial charge >= 0.3 is 0 Å². The largest absolute Gasteiger partial charge is 0.471 e. The number of pyridine rings is 1. The molecule has 5 nitrogen and oxygen atoms in total. The third-order valence-electron chi connectivity index (χ3n) is 2.59. The zero-order chi connectivity index (χ0) is 13.7. The number of nitrogens with zero attached hydrogens (tertiary/aromatic N) is 1. The molecule has 1 aliphatic rings. The summed E-state index contributed by atoms with van der Waals surface area (Å²) in [5.41, 5.74) is 0.343. The molecular formula is C13H13ClN2O3. The van der Waals surface area contributed by atoms with E-state index in [4.69, 9.17) is 27.5 Å². The molecule has 0 aromatic carbocycles. The van der Waals surface area contributed by atoms with Gasteiger partial charge in [0.2, 0.25) is 5.88 Å². The van der Waals surface area contributed by atoms with Gasteiger partial charge in [0.15, 0.2) is 0 Å². The van der Waals surface area contributed by atoms with Crippen molar-refractivity contribution in [3.05, 3.63) is 22.8 Å². The Kier molecular flexibility index (Phi) is 4.61. The first-order chi connectivity index (χ1) is 9.20. The zero-order valence-electron chi connectivity index (χ0n) is 10.2. The van der Waals surface area contributed by atoms with E-state index < -0.39 is 0 Å². The smallest absolute Gasteiger partial charge is 0.253 e. The maximum atomic E-state index is 11.6. The van der Waals surface area contributed by atoms with Crippen LogP contribution in [0.15, 0.2) is 12.3 Å². The number of rotatable bonds is 4. The molecule has 1 fully saturated rings. The summed E-state index contributed by atoms with van der Waals surface area (Å²) in [4.78, 5) is 15.7. The fourth-order valence-electron chi connectivity index (χ4n) is 1.63. The van der Waals surface area contributed by atoms with Crippen LogP contribution in [-0.2, 0) is 4.74 Å². The van der Waals surface area contributed by atoms with Gasteiger partial charge in [-0.1, -0.05) is 17.5 Å². The minimum atomic E-state index is -0.317. The number of hydrogen-bond acceptors (Lipinski definition) is 4. The average molecular weight is 281 g/mol. The molecular weight excluding hydrogens is 268 g/mol. The summed E-state index contributed by atoms with van der Waals surface area (Å²) < 4.78 is 10.8. The van der Waals surface area contributed by atoms with E-state index >= 15 is 0 Å². The van der Waals surface area contributed by atoms with Crippen molar-refractivity contribution >= 4 is 17.5 Å². The topological polar surface area (TPSA) is 60.5 Å². The van der Waals surface area contributed by atoms with Crippen molar-refractivity contribution in [2.75, 3.05) is 19.8 Å². The molecule has 2 rings (SSSR count). The summed E-state index contributed by atoms with van der Waals surface area (Å²) in [6.45, 7) is 1.37. The number of amides is 1. The first-order valence-corrected chi connectivity index (χ1v) is 6.20. The van der Waals surface area contributed by atoms with Gasteiger partial charge in [-0.3, -0.25) is 4.79 Å². The molecule has 1 aliphatic heterocycles. The molecule has 0 spiro atoms. The van der Waals surface area contributed by atoms with Crippen LogP contribution in [0.4, 0.5) is 0 Å². The van der Waals surface area contributed by atoms with E-state index in [0.717, 1.165) is 6.42 Å². The summed E-state index contributed by atoms with van der Waals surface area (Å²) >= 11 is 6.04. The molecule has 19 heavy (non-hydrogen) atoms. The van der Waals surface area contributed by atoms with Crippen molar-refractivity contribution in [3.63, 3.8) is 0 Å². The molecule has 0 saturated carbocycles. The van der Waals surface area contributed by atoms with Gasteiger partial charge in [-0.15, -0.1) is 6.42 Å². The van der Waals surface area contributed by atoms with Crippen LogP contribution >= 0.6 is 11.6 Å². The second-order valence-corrected chi connectivity index (χ2v) is 4.41. The lowest BCUT2D eigenvalue weighted by Gasteiger charge is -2.12. The second kappa shape index (κ2) is 6.41. The monoisotopic (exact) mass is 280 g/mol. The van der Waals surface area contributed by atoms with Crippen LogP contribution in [0.3, 0.4) is 0 Å². The van der Waals surface area contributed by atoms with Crippen molar-refractivity contribution in [2.24, 2.45) is 0 Å². The first kappa shape index (κ1) is 13.7.